The van der Waals surface area contributed by atoms with Gasteiger partial charge in [0, 0.05) is 12.7 Å². The Morgan fingerprint density at radius 2 is 2.41 bits per heavy atom. The van der Waals surface area contributed by atoms with Crippen molar-refractivity contribution in [1.29, 1.82) is 0 Å². The number of aromatic nitrogens is 3. The van der Waals surface area contributed by atoms with Gasteiger partial charge in [0.05, 0.1) is 24.6 Å². The monoisotopic (exact) mass is 235 g/mol. The first kappa shape index (κ1) is 11.2. The van der Waals surface area contributed by atoms with Gasteiger partial charge < -0.3 is 15.6 Å². The number of nitrogens with one attached hydrogen (secondary N) is 1. The molecule has 17 heavy (non-hydrogen) atoms. The Balaban J connectivity index is 1.83. The summed E-state index contributed by atoms with van der Waals surface area (Å²) in [5.74, 6) is 0.301. The van der Waals surface area contributed by atoms with Crippen LogP contribution in [0, 0.1) is 6.92 Å². The van der Waals surface area contributed by atoms with Crippen LogP contribution >= 0.6 is 0 Å². The molecule has 0 unspecified atom stereocenters. The largest absolute Gasteiger partial charge is 0.396 e. The summed E-state index contributed by atoms with van der Waals surface area (Å²) in [6, 6.07) is 0. The van der Waals surface area contributed by atoms with Crippen LogP contribution in [-0.4, -0.2) is 27.4 Å². The molecular formula is C10H13N5O2. The van der Waals surface area contributed by atoms with Gasteiger partial charge in [-0.3, -0.25) is 9.48 Å². The zero-order valence-electron chi connectivity index (χ0n) is 9.38. The molecule has 2 heterocycles. The molecule has 7 heteroatoms. The van der Waals surface area contributed by atoms with Crippen LogP contribution in [0.4, 0.5) is 5.69 Å². The van der Waals surface area contributed by atoms with Crippen LogP contribution in [0.1, 0.15) is 16.1 Å². The van der Waals surface area contributed by atoms with Gasteiger partial charge in [-0.15, -0.1) is 0 Å². The van der Waals surface area contributed by atoms with Crippen molar-refractivity contribution in [2.75, 3.05) is 12.3 Å². The lowest BCUT2D eigenvalue weighted by molar-refractivity contribution is 0.0950. The zero-order valence-corrected chi connectivity index (χ0v) is 9.38. The van der Waals surface area contributed by atoms with E-state index in [1.807, 2.05) is 0 Å². The van der Waals surface area contributed by atoms with Crippen molar-refractivity contribution in [3.63, 3.8) is 0 Å². The summed E-state index contributed by atoms with van der Waals surface area (Å²) < 4.78 is 6.47. The highest BCUT2D eigenvalue weighted by Gasteiger charge is 2.11. The van der Waals surface area contributed by atoms with Crippen molar-refractivity contribution < 1.29 is 9.32 Å². The molecule has 90 valence electrons. The van der Waals surface area contributed by atoms with Gasteiger partial charge in [-0.25, -0.2) is 0 Å². The van der Waals surface area contributed by atoms with Crippen molar-refractivity contribution in [2.45, 2.75) is 13.5 Å². The van der Waals surface area contributed by atoms with Crippen LogP contribution in [0.3, 0.4) is 0 Å². The van der Waals surface area contributed by atoms with Gasteiger partial charge in [0.15, 0.2) is 0 Å². The van der Waals surface area contributed by atoms with Crippen molar-refractivity contribution in [2.24, 2.45) is 0 Å². The molecule has 0 saturated heterocycles. The molecule has 0 aromatic carbocycles. The Hall–Kier alpha value is -2.31. The molecule has 0 spiro atoms. The average molecular weight is 235 g/mol. The smallest absolute Gasteiger partial charge is 0.256 e. The minimum atomic E-state index is -0.205. The molecule has 7 nitrogen and oxygen atoms in total. The van der Waals surface area contributed by atoms with Crippen LogP contribution in [0.15, 0.2) is 23.1 Å². The van der Waals surface area contributed by atoms with Crippen LogP contribution in [0.2, 0.25) is 0 Å². The van der Waals surface area contributed by atoms with E-state index in [2.05, 4.69) is 15.6 Å². The first-order chi connectivity index (χ1) is 8.16. The van der Waals surface area contributed by atoms with Gasteiger partial charge in [0.1, 0.15) is 11.3 Å². The quantitative estimate of drug-likeness (QED) is 0.788. The van der Waals surface area contributed by atoms with Crippen molar-refractivity contribution in [3.8, 4) is 0 Å². The van der Waals surface area contributed by atoms with E-state index in [-0.39, 0.29) is 5.91 Å². The van der Waals surface area contributed by atoms with Gasteiger partial charge in [0.25, 0.3) is 5.91 Å². The molecule has 0 aliphatic heterocycles. The van der Waals surface area contributed by atoms with Gasteiger partial charge in [-0.1, -0.05) is 5.16 Å². The summed E-state index contributed by atoms with van der Waals surface area (Å²) in [4.78, 5) is 11.7. The lowest BCUT2D eigenvalue weighted by Gasteiger charge is -2.03. The molecule has 0 fully saturated rings. The van der Waals surface area contributed by atoms with Crippen LogP contribution < -0.4 is 11.1 Å². The second kappa shape index (κ2) is 4.69. The van der Waals surface area contributed by atoms with Gasteiger partial charge >= 0.3 is 0 Å². The third-order valence-corrected chi connectivity index (χ3v) is 2.28. The van der Waals surface area contributed by atoms with Gasteiger partial charge in [-0.05, 0) is 6.92 Å². The number of nitrogen functional groups attached to an aromatic ring is 1. The summed E-state index contributed by atoms with van der Waals surface area (Å²) in [5, 5.41) is 10.3. The lowest BCUT2D eigenvalue weighted by Crippen LogP contribution is -2.27. The predicted molar refractivity (Wildman–Crippen MR) is 60.2 cm³/mol. The summed E-state index contributed by atoms with van der Waals surface area (Å²) >= 11 is 0. The molecule has 0 radical (unpaired) electrons. The minimum absolute atomic E-state index is 0.205. The van der Waals surface area contributed by atoms with Crippen molar-refractivity contribution in [1.82, 2.24) is 20.3 Å². The second-order valence-electron chi connectivity index (χ2n) is 3.59. The number of nitrogens with two attached hydrogens (primary N) is 1. The highest BCUT2D eigenvalue weighted by atomic mass is 16.5. The third-order valence-electron chi connectivity index (χ3n) is 2.28. The zero-order chi connectivity index (χ0) is 12.3. The number of anilines is 1. The molecule has 0 bridgehead atoms. The fourth-order valence-corrected chi connectivity index (χ4v) is 1.40. The molecule has 0 aliphatic carbocycles. The Morgan fingerprint density at radius 3 is 3.00 bits per heavy atom. The van der Waals surface area contributed by atoms with E-state index in [1.165, 1.54) is 6.20 Å². The van der Waals surface area contributed by atoms with Gasteiger partial charge in [-0.2, -0.15) is 5.10 Å². The normalized spacial score (nSPS) is 10.4. The van der Waals surface area contributed by atoms with E-state index >= 15 is 0 Å². The topological polar surface area (TPSA) is 99.0 Å². The molecule has 1 amide bonds. The highest BCUT2D eigenvalue weighted by Crippen LogP contribution is 2.04. The van der Waals surface area contributed by atoms with E-state index in [9.17, 15) is 4.79 Å². The maximum absolute atomic E-state index is 11.7. The molecular weight excluding hydrogens is 222 g/mol. The number of carbonyl (C=O) groups excluding carboxylic acids is 1. The maximum atomic E-state index is 11.7. The summed E-state index contributed by atoms with van der Waals surface area (Å²) in [6.07, 6.45) is 4.67. The molecule has 3 N–H and O–H groups in total. The van der Waals surface area contributed by atoms with Crippen molar-refractivity contribution >= 4 is 11.6 Å². The highest BCUT2D eigenvalue weighted by molar-refractivity contribution is 5.94. The molecule has 0 atom stereocenters. The van der Waals surface area contributed by atoms with Crippen LogP contribution in [0.25, 0.3) is 0 Å². The fraction of sp³-hybridized carbons (Fsp3) is 0.300. The van der Waals surface area contributed by atoms with Crippen LogP contribution in [0.5, 0.6) is 0 Å². The SMILES string of the molecule is Cc1oncc1C(=O)NCCn1cc(N)cn1. The first-order valence-electron chi connectivity index (χ1n) is 5.14. The molecule has 0 saturated carbocycles. The molecule has 2 aromatic heterocycles. The minimum Gasteiger partial charge on any atom is -0.396 e. The standard InChI is InChI=1S/C10H13N5O2/c1-7-9(5-14-17-7)10(16)12-2-3-15-6-8(11)4-13-15/h4-6H,2-3,11H2,1H3,(H,12,16). The Morgan fingerprint density at radius 1 is 1.59 bits per heavy atom. The van der Waals surface area contributed by atoms with E-state index < -0.39 is 0 Å². The average Bonchev–Trinajstić information content (AvgIpc) is 2.87. The van der Waals surface area contributed by atoms with Gasteiger partial charge in [0.2, 0.25) is 0 Å². The Bertz CT molecular complexity index is 516. The third kappa shape index (κ3) is 2.63. The Kier molecular flexibility index (Phi) is 3.08. The summed E-state index contributed by atoms with van der Waals surface area (Å²) in [6.45, 7) is 2.72. The first-order valence-corrected chi connectivity index (χ1v) is 5.14. The predicted octanol–water partition coefficient (Wildman–Crippen LogP) is 0.192. The second-order valence-corrected chi connectivity index (χ2v) is 3.59. The number of hydrogen-bond donors (Lipinski definition) is 2. The number of nitrogens with zero attached hydrogens (tertiary/aromatic N) is 3. The maximum Gasteiger partial charge on any atom is 0.256 e. The number of hydrogen-bond acceptors (Lipinski definition) is 5. The Labute approximate surface area is 97.6 Å². The van der Waals surface area contributed by atoms with E-state index in [1.54, 1.807) is 24.0 Å². The fourth-order valence-electron chi connectivity index (χ4n) is 1.40. The van der Waals surface area contributed by atoms with Crippen molar-refractivity contribution in [3.05, 3.63) is 29.9 Å². The number of carbonyl (C=O) groups is 1. The molecule has 2 rings (SSSR count). The lowest BCUT2D eigenvalue weighted by atomic mass is 10.2. The molecule has 0 aliphatic rings. The number of aryl methyl sites for hydroxylation is 1. The van der Waals surface area contributed by atoms with E-state index in [0.717, 1.165) is 0 Å². The molecule has 2 aromatic rings. The van der Waals surface area contributed by atoms with E-state index in [4.69, 9.17) is 10.3 Å². The number of amides is 1. The summed E-state index contributed by atoms with van der Waals surface area (Å²) in [5.41, 5.74) is 6.57. The van der Waals surface area contributed by atoms with E-state index in [0.29, 0.717) is 30.1 Å². The summed E-state index contributed by atoms with van der Waals surface area (Å²) in [7, 11) is 0. The number of rotatable bonds is 4. The van der Waals surface area contributed by atoms with Crippen LogP contribution in [-0.2, 0) is 6.54 Å².